The summed E-state index contributed by atoms with van der Waals surface area (Å²) < 4.78 is 17.9. The summed E-state index contributed by atoms with van der Waals surface area (Å²) in [6, 6.07) is 2.38. The van der Waals surface area contributed by atoms with E-state index in [4.69, 9.17) is 14.2 Å². The minimum atomic E-state index is -2.22. The summed E-state index contributed by atoms with van der Waals surface area (Å²) in [7, 11) is 3.28. The van der Waals surface area contributed by atoms with E-state index in [1.807, 2.05) is 12.1 Å². The molecule has 1 saturated carbocycles. The van der Waals surface area contributed by atoms with Crippen molar-refractivity contribution >= 4 is 0 Å². The van der Waals surface area contributed by atoms with Crippen LogP contribution >= 0.6 is 0 Å². The highest BCUT2D eigenvalue weighted by Crippen LogP contribution is 2.46. The zero-order chi connectivity index (χ0) is 23.1. The van der Waals surface area contributed by atoms with Crippen LogP contribution in [0.1, 0.15) is 18.9 Å². The van der Waals surface area contributed by atoms with Gasteiger partial charge in [0.25, 0.3) is 0 Å². The van der Waals surface area contributed by atoms with E-state index in [2.05, 4.69) is 20.9 Å². The van der Waals surface area contributed by atoms with Gasteiger partial charge in [-0.05, 0) is 32.6 Å². The molecular formula is C21H34N4O7. The second-order valence-corrected chi connectivity index (χ2v) is 8.97. The van der Waals surface area contributed by atoms with Crippen molar-refractivity contribution in [3.8, 4) is 0 Å². The molecule has 0 aromatic carbocycles. The van der Waals surface area contributed by atoms with Crippen LogP contribution in [-0.2, 0) is 20.8 Å². The normalized spacial score (nSPS) is 46.3. The Hall–Kier alpha value is -1.25. The summed E-state index contributed by atoms with van der Waals surface area (Å²) in [4.78, 5) is 4.07. The van der Waals surface area contributed by atoms with Crippen molar-refractivity contribution in [2.24, 2.45) is 0 Å². The number of aliphatic hydroxyl groups excluding tert-OH is 2. The molecule has 10 atom stereocenters. The third kappa shape index (κ3) is 3.96. The number of hydrogen-bond donors (Lipinski definition) is 7. The molecule has 1 aromatic rings. The molecule has 11 nitrogen and oxygen atoms in total. The zero-order valence-electron chi connectivity index (χ0n) is 18.5. The molecule has 3 aliphatic rings. The van der Waals surface area contributed by atoms with E-state index in [0.717, 1.165) is 5.56 Å². The number of likely N-dealkylation sites (N-methyl/N-ethyl adjacent to an activating group) is 2. The highest BCUT2D eigenvalue weighted by atomic mass is 16.8. The molecule has 3 fully saturated rings. The van der Waals surface area contributed by atoms with Crippen molar-refractivity contribution in [1.29, 1.82) is 0 Å². The lowest BCUT2D eigenvalue weighted by Gasteiger charge is -2.60. The van der Waals surface area contributed by atoms with Gasteiger partial charge < -0.3 is 50.6 Å². The van der Waals surface area contributed by atoms with Crippen molar-refractivity contribution in [1.82, 2.24) is 20.9 Å². The van der Waals surface area contributed by atoms with E-state index in [0.29, 0.717) is 6.54 Å². The van der Waals surface area contributed by atoms with Gasteiger partial charge in [0.15, 0.2) is 0 Å². The Morgan fingerprint density at radius 3 is 2.50 bits per heavy atom. The van der Waals surface area contributed by atoms with Crippen molar-refractivity contribution in [3.63, 3.8) is 0 Å². The molecule has 3 heterocycles. The Morgan fingerprint density at radius 1 is 1.09 bits per heavy atom. The summed E-state index contributed by atoms with van der Waals surface area (Å²) in [5, 5.41) is 53.8. The summed E-state index contributed by atoms with van der Waals surface area (Å²) in [5.41, 5.74) is -0.830. The van der Waals surface area contributed by atoms with Crippen LogP contribution in [0.2, 0.25) is 0 Å². The maximum absolute atomic E-state index is 11.6. The summed E-state index contributed by atoms with van der Waals surface area (Å²) >= 11 is 0. The molecule has 7 N–H and O–H groups in total. The molecule has 32 heavy (non-hydrogen) atoms. The molecule has 2 aliphatic heterocycles. The van der Waals surface area contributed by atoms with Crippen LogP contribution in [-0.4, -0.2) is 106 Å². The van der Waals surface area contributed by atoms with Crippen LogP contribution in [0.3, 0.4) is 0 Å². The fraction of sp³-hybridized carbons (Fsp3) is 0.762. The Morgan fingerprint density at radius 2 is 1.84 bits per heavy atom. The maximum Gasteiger partial charge on any atom is 0.249 e. The predicted molar refractivity (Wildman–Crippen MR) is 112 cm³/mol. The van der Waals surface area contributed by atoms with Crippen LogP contribution in [0, 0.1) is 0 Å². The summed E-state index contributed by atoms with van der Waals surface area (Å²) in [6.07, 6.45) is -2.24. The number of hydrogen-bond acceptors (Lipinski definition) is 11. The van der Waals surface area contributed by atoms with Crippen LogP contribution in [0.5, 0.6) is 0 Å². The van der Waals surface area contributed by atoms with Gasteiger partial charge in [-0.1, -0.05) is 6.07 Å². The zero-order valence-corrected chi connectivity index (χ0v) is 18.5. The van der Waals surface area contributed by atoms with Gasteiger partial charge in [-0.25, -0.2) is 0 Å². The first-order valence-electron chi connectivity index (χ1n) is 11.0. The molecule has 0 unspecified atom stereocenters. The largest absolute Gasteiger partial charge is 0.390 e. The van der Waals surface area contributed by atoms with E-state index in [-0.39, 0.29) is 13.0 Å². The third-order valence-electron chi connectivity index (χ3n) is 6.82. The molecule has 0 spiro atoms. The molecule has 1 aromatic heterocycles. The number of rotatable bonds is 6. The number of pyridine rings is 1. The van der Waals surface area contributed by atoms with Crippen molar-refractivity contribution in [3.05, 3.63) is 30.1 Å². The Bertz CT molecular complexity index is 776. The van der Waals surface area contributed by atoms with E-state index in [1.54, 1.807) is 33.4 Å². The molecular weight excluding hydrogens is 420 g/mol. The second-order valence-electron chi connectivity index (χ2n) is 8.97. The Kier molecular flexibility index (Phi) is 6.86. The maximum atomic E-state index is 11.6. The van der Waals surface area contributed by atoms with Crippen LogP contribution in [0.15, 0.2) is 24.5 Å². The molecule has 180 valence electrons. The number of aliphatic hydroxyl groups is 4. The standard InChI is InChI=1S/C21H34N4O7/c1-11-7-20(28,10-25-9-12-5-4-6-24-8-12)21(29)19(30-11)31-18-16(27)13(22-2)15(26)14(23-3)17(18)32-21/h4-6,8,11,13-19,22-23,25-29H,7,9-10H2,1-3H3/t11-,13-,14+,15+,16+,17-,18-,19+,20-,21-/m1/s1. The molecule has 0 amide bonds. The number of nitrogens with one attached hydrogen (secondary N) is 3. The van der Waals surface area contributed by atoms with E-state index >= 15 is 0 Å². The van der Waals surface area contributed by atoms with E-state index in [1.165, 1.54) is 0 Å². The number of nitrogens with zero attached hydrogens (tertiary/aromatic N) is 1. The Labute approximate surface area is 187 Å². The third-order valence-corrected chi connectivity index (χ3v) is 6.82. The van der Waals surface area contributed by atoms with E-state index in [9.17, 15) is 20.4 Å². The molecule has 11 heteroatoms. The van der Waals surface area contributed by atoms with Crippen LogP contribution in [0.4, 0.5) is 0 Å². The van der Waals surface area contributed by atoms with Crippen molar-refractivity contribution in [2.75, 3.05) is 20.6 Å². The molecule has 2 saturated heterocycles. The van der Waals surface area contributed by atoms with Gasteiger partial charge in [-0.2, -0.15) is 0 Å². The van der Waals surface area contributed by atoms with Gasteiger partial charge in [0.1, 0.15) is 23.9 Å². The fourth-order valence-electron chi connectivity index (χ4n) is 5.14. The minimum absolute atomic E-state index is 0.00217. The predicted octanol–water partition coefficient (Wildman–Crippen LogP) is -2.58. The van der Waals surface area contributed by atoms with Gasteiger partial charge >= 0.3 is 0 Å². The first-order chi connectivity index (χ1) is 15.2. The highest BCUT2D eigenvalue weighted by molar-refractivity contribution is 5.13. The quantitative estimate of drug-likeness (QED) is 0.242. The first-order valence-corrected chi connectivity index (χ1v) is 11.0. The minimum Gasteiger partial charge on any atom is -0.390 e. The fourth-order valence-corrected chi connectivity index (χ4v) is 5.14. The second kappa shape index (κ2) is 9.18. The average Bonchev–Trinajstić information content (AvgIpc) is 2.75. The lowest BCUT2D eigenvalue weighted by atomic mass is 9.77. The number of fused-ring (bicyclic) bond motifs is 2. The molecule has 0 radical (unpaired) electrons. The topological polar surface area (TPSA) is 158 Å². The van der Waals surface area contributed by atoms with Crippen molar-refractivity contribution < 1.29 is 34.6 Å². The lowest BCUT2D eigenvalue weighted by Crippen LogP contribution is -2.81. The van der Waals surface area contributed by atoms with E-state index < -0.39 is 60.3 Å². The average molecular weight is 455 g/mol. The summed E-state index contributed by atoms with van der Waals surface area (Å²) in [5.74, 6) is -2.22. The van der Waals surface area contributed by atoms with Gasteiger partial charge in [0.05, 0.1) is 24.3 Å². The Balaban J connectivity index is 1.57. The number of ether oxygens (including phenoxy) is 3. The lowest BCUT2D eigenvalue weighted by molar-refractivity contribution is -0.482. The highest BCUT2D eigenvalue weighted by Gasteiger charge is 2.68. The number of aromatic nitrogens is 1. The van der Waals surface area contributed by atoms with Crippen molar-refractivity contribution in [2.45, 2.75) is 80.2 Å². The van der Waals surface area contributed by atoms with Gasteiger partial charge in [-0.15, -0.1) is 0 Å². The summed E-state index contributed by atoms with van der Waals surface area (Å²) in [6.45, 7) is 2.20. The molecule has 0 bridgehead atoms. The van der Waals surface area contributed by atoms with Crippen LogP contribution < -0.4 is 16.0 Å². The first kappa shape index (κ1) is 23.9. The van der Waals surface area contributed by atoms with Gasteiger partial charge in [0, 0.05) is 31.9 Å². The smallest absolute Gasteiger partial charge is 0.249 e. The molecule has 1 aliphatic carbocycles. The van der Waals surface area contributed by atoms with Crippen LogP contribution in [0.25, 0.3) is 0 Å². The van der Waals surface area contributed by atoms with Gasteiger partial charge in [0.2, 0.25) is 12.1 Å². The monoisotopic (exact) mass is 454 g/mol. The SMILES string of the molecule is CN[C@@H]1[C@H](O)[C@H](NC)[C@H]2O[C@]3(O)[C@H](O[C@@H]2[C@H]1O)O[C@H](C)C[C@@]3(O)CNCc1cccnc1. The van der Waals surface area contributed by atoms with Gasteiger partial charge in [-0.3, -0.25) is 4.98 Å². The molecule has 4 rings (SSSR count).